The Kier molecular flexibility index (Phi) is 9.07. The molecule has 3 aliphatic heterocycles. The lowest BCUT2D eigenvalue weighted by molar-refractivity contribution is -0.334. The summed E-state index contributed by atoms with van der Waals surface area (Å²) in [7, 11) is 4.79. The Morgan fingerprint density at radius 2 is 1.06 bits per heavy atom. The van der Waals surface area contributed by atoms with Crippen molar-refractivity contribution in [2.45, 2.75) is 114 Å². The Bertz CT molecular complexity index is 550. The molecule has 3 aliphatic rings. The van der Waals surface area contributed by atoms with Crippen molar-refractivity contribution in [3.05, 3.63) is 0 Å². The van der Waals surface area contributed by atoms with Gasteiger partial charge in [0.25, 0.3) is 0 Å². The van der Waals surface area contributed by atoms with Crippen LogP contribution in [0.1, 0.15) is 40.0 Å². The van der Waals surface area contributed by atoms with Crippen molar-refractivity contribution < 1.29 is 48.1 Å². The highest BCUT2D eigenvalue weighted by atomic mass is 16.7. The summed E-state index contributed by atoms with van der Waals surface area (Å²) in [5, 5.41) is 20.0. The highest BCUT2D eigenvalue weighted by molar-refractivity contribution is 4.88. The molecular weight excluding hydrogens is 412 g/mol. The van der Waals surface area contributed by atoms with Crippen LogP contribution in [0.2, 0.25) is 0 Å². The highest BCUT2D eigenvalue weighted by Crippen LogP contribution is 2.33. The predicted molar refractivity (Wildman–Crippen MR) is 107 cm³/mol. The first-order valence-corrected chi connectivity index (χ1v) is 11.0. The van der Waals surface area contributed by atoms with Gasteiger partial charge in [-0.3, -0.25) is 0 Å². The summed E-state index contributed by atoms with van der Waals surface area (Å²) in [6, 6.07) is 0. The van der Waals surface area contributed by atoms with Crippen LogP contribution in [0.15, 0.2) is 0 Å². The molecule has 0 saturated carbocycles. The van der Waals surface area contributed by atoms with Gasteiger partial charge < -0.3 is 48.1 Å². The van der Waals surface area contributed by atoms with Crippen LogP contribution in [0.25, 0.3) is 0 Å². The summed E-state index contributed by atoms with van der Waals surface area (Å²) < 4.78 is 46.4. The maximum Gasteiger partial charge on any atom is 0.161 e. The molecule has 3 rings (SSSR count). The molecule has 0 aliphatic carbocycles. The van der Waals surface area contributed by atoms with E-state index < -0.39 is 31.1 Å². The molecule has 12 unspecified atom stereocenters. The number of methoxy groups -OCH3 is 3. The predicted octanol–water partition coefficient (Wildman–Crippen LogP) is 0.560. The fourth-order valence-corrected chi connectivity index (χ4v) is 4.64. The van der Waals surface area contributed by atoms with E-state index >= 15 is 0 Å². The highest BCUT2D eigenvalue weighted by Gasteiger charge is 2.45. The number of hydrogen-bond acceptors (Lipinski definition) is 10. The zero-order valence-corrected chi connectivity index (χ0v) is 19.2. The second-order valence-corrected chi connectivity index (χ2v) is 8.56. The van der Waals surface area contributed by atoms with Gasteiger partial charge in [-0.2, -0.15) is 0 Å². The zero-order valence-electron chi connectivity index (χ0n) is 19.2. The lowest BCUT2D eigenvalue weighted by Gasteiger charge is -2.45. The van der Waals surface area contributed by atoms with Crippen LogP contribution in [-0.4, -0.2) is 105 Å². The smallest absolute Gasteiger partial charge is 0.161 e. The molecule has 0 bridgehead atoms. The van der Waals surface area contributed by atoms with Crippen molar-refractivity contribution >= 4 is 0 Å². The van der Waals surface area contributed by atoms with Crippen LogP contribution in [0, 0.1) is 0 Å². The lowest BCUT2D eigenvalue weighted by atomic mass is 9.99. The SMILES string of the molecule is COC1CC(OC2C(C)OC(OC3C(C)OC(O)CC3OC)CC2OC)OC(C)C1O. The van der Waals surface area contributed by atoms with Crippen molar-refractivity contribution in [1.82, 2.24) is 0 Å². The van der Waals surface area contributed by atoms with Crippen molar-refractivity contribution in [3.8, 4) is 0 Å². The molecule has 0 aromatic carbocycles. The normalized spacial score (nSPS) is 49.2. The van der Waals surface area contributed by atoms with Crippen LogP contribution in [0.5, 0.6) is 0 Å². The minimum absolute atomic E-state index is 0.285. The molecule has 182 valence electrons. The minimum Gasteiger partial charge on any atom is -0.388 e. The molecule has 0 aromatic heterocycles. The Hall–Kier alpha value is -0.400. The summed E-state index contributed by atoms with van der Waals surface area (Å²) in [6.07, 6.45) is -4.26. The Morgan fingerprint density at radius 1 is 0.613 bits per heavy atom. The second-order valence-electron chi connectivity index (χ2n) is 8.56. The van der Waals surface area contributed by atoms with Crippen LogP contribution < -0.4 is 0 Å². The summed E-state index contributed by atoms with van der Waals surface area (Å²) in [4.78, 5) is 0. The van der Waals surface area contributed by atoms with Gasteiger partial charge in [-0.15, -0.1) is 0 Å². The number of aliphatic hydroxyl groups excluding tert-OH is 2. The number of ether oxygens (including phenoxy) is 8. The molecule has 31 heavy (non-hydrogen) atoms. The van der Waals surface area contributed by atoms with Crippen molar-refractivity contribution in [2.75, 3.05) is 21.3 Å². The third-order valence-corrected chi connectivity index (χ3v) is 6.43. The molecular formula is C21H38O10. The molecule has 3 fully saturated rings. The third kappa shape index (κ3) is 5.94. The molecule has 10 heteroatoms. The van der Waals surface area contributed by atoms with Crippen LogP contribution in [-0.2, 0) is 37.9 Å². The fraction of sp³-hybridized carbons (Fsp3) is 1.00. The van der Waals surface area contributed by atoms with E-state index in [1.807, 2.05) is 13.8 Å². The van der Waals surface area contributed by atoms with Crippen molar-refractivity contribution in [2.24, 2.45) is 0 Å². The molecule has 12 atom stereocenters. The number of rotatable bonds is 7. The maximum absolute atomic E-state index is 10.2. The lowest BCUT2D eigenvalue weighted by Crippen LogP contribution is -2.56. The van der Waals surface area contributed by atoms with Gasteiger partial charge in [-0.25, -0.2) is 0 Å². The van der Waals surface area contributed by atoms with Gasteiger partial charge in [0.15, 0.2) is 18.9 Å². The second kappa shape index (κ2) is 11.1. The van der Waals surface area contributed by atoms with E-state index in [9.17, 15) is 10.2 Å². The molecule has 0 aromatic rings. The summed E-state index contributed by atoms with van der Waals surface area (Å²) in [5.41, 5.74) is 0. The van der Waals surface area contributed by atoms with Crippen LogP contribution >= 0.6 is 0 Å². The average molecular weight is 451 g/mol. The van der Waals surface area contributed by atoms with E-state index in [1.54, 1.807) is 28.3 Å². The topological polar surface area (TPSA) is 114 Å². The summed E-state index contributed by atoms with van der Waals surface area (Å²) in [5.74, 6) is 0. The first kappa shape index (κ1) is 25.2. The quantitative estimate of drug-likeness (QED) is 0.570. The molecule has 3 saturated heterocycles. The monoisotopic (exact) mass is 450 g/mol. The van der Waals surface area contributed by atoms with E-state index in [4.69, 9.17) is 37.9 Å². The molecule has 0 spiro atoms. The van der Waals surface area contributed by atoms with Gasteiger partial charge >= 0.3 is 0 Å². The first-order chi connectivity index (χ1) is 14.8. The van der Waals surface area contributed by atoms with E-state index in [-0.39, 0.29) is 42.7 Å². The maximum atomic E-state index is 10.2. The Balaban J connectivity index is 1.60. The third-order valence-electron chi connectivity index (χ3n) is 6.43. The molecule has 10 nitrogen and oxygen atoms in total. The van der Waals surface area contributed by atoms with Crippen LogP contribution in [0.3, 0.4) is 0 Å². The zero-order chi connectivity index (χ0) is 22.7. The number of hydrogen-bond donors (Lipinski definition) is 2. The standard InChI is InChI=1S/C21H38O10/c1-10-19(23)13(24-4)8-17(28-10)30-21-12(3)29-18(9-15(21)26-6)31-20-11(2)27-16(22)7-14(20)25-5/h10-23H,7-9H2,1-6H3. The van der Waals surface area contributed by atoms with E-state index in [1.165, 1.54) is 0 Å². The minimum atomic E-state index is -0.872. The number of aliphatic hydroxyl groups is 2. The van der Waals surface area contributed by atoms with Gasteiger partial charge in [-0.1, -0.05) is 0 Å². The molecule has 0 radical (unpaired) electrons. The van der Waals surface area contributed by atoms with Crippen molar-refractivity contribution in [3.63, 3.8) is 0 Å². The summed E-state index contributed by atoms with van der Waals surface area (Å²) >= 11 is 0. The van der Waals surface area contributed by atoms with E-state index in [0.717, 1.165) is 0 Å². The van der Waals surface area contributed by atoms with Gasteiger partial charge in [0, 0.05) is 40.6 Å². The molecule has 3 heterocycles. The van der Waals surface area contributed by atoms with E-state index in [2.05, 4.69) is 0 Å². The first-order valence-electron chi connectivity index (χ1n) is 11.0. The Labute approximate surface area is 184 Å². The van der Waals surface area contributed by atoms with Crippen molar-refractivity contribution in [1.29, 1.82) is 0 Å². The summed E-state index contributed by atoms with van der Waals surface area (Å²) in [6.45, 7) is 5.54. The fourth-order valence-electron chi connectivity index (χ4n) is 4.64. The van der Waals surface area contributed by atoms with Crippen LogP contribution in [0.4, 0.5) is 0 Å². The molecule has 2 N–H and O–H groups in total. The average Bonchev–Trinajstić information content (AvgIpc) is 2.73. The Morgan fingerprint density at radius 3 is 1.61 bits per heavy atom. The molecule has 0 amide bonds. The van der Waals surface area contributed by atoms with Gasteiger partial charge in [0.2, 0.25) is 0 Å². The van der Waals surface area contributed by atoms with E-state index in [0.29, 0.717) is 19.3 Å². The van der Waals surface area contributed by atoms with Gasteiger partial charge in [0.05, 0.1) is 36.6 Å². The van der Waals surface area contributed by atoms with Gasteiger partial charge in [0.1, 0.15) is 18.3 Å². The largest absolute Gasteiger partial charge is 0.388 e. The van der Waals surface area contributed by atoms with Gasteiger partial charge in [-0.05, 0) is 20.8 Å².